The van der Waals surface area contributed by atoms with E-state index in [1.807, 2.05) is 0 Å². The van der Waals surface area contributed by atoms with Gasteiger partial charge in [0.15, 0.2) is 20.0 Å². The van der Waals surface area contributed by atoms with Gasteiger partial charge in [-0.05, 0) is 72.9 Å². The molecule has 0 aliphatic carbocycles. The van der Waals surface area contributed by atoms with E-state index in [2.05, 4.69) is 0 Å². The summed E-state index contributed by atoms with van der Waals surface area (Å²) in [6, 6.07) is 8.55. The zero-order valence-electron chi connectivity index (χ0n) is 23.2. The van der Waals surface area contributed by atoms with Gasteiger partial charge in [-0.1, -0.05) is 18.2 Å². The summed E-state index contributed by atoms with van der Waals surface area (Å²) in [5.41, 5.74) is -1.72. The lowest BCUT2D eigenvalue weighted by atomic mass is 9.96. The predicted octanol–water partition coefficient (Wildman–Crippen LogP) is 5.52. The van der Waals surface area contributed by atoms with Crippen LogP contribution in [0.1, 0.15) is 59.9 Å². The van der Waals surface area contributed by atoms with Gasteiger partial charge in [-0.3, -0.25) is 18.7 Å². The Morgan fingerprint density at radius 1 is 0.846 bits per heavy atom. The maximum atomic E-state index is 13.0. The van der Waals surface area contributed by atoms with Crippen LogP contribution in [0.15, 0.2) is 30.3 Å². The van der Waals surface area contributed by atoms with Crippen LogP contribution in [0.3, 0.4) is 0 Å². The fourth-order valence-electron chi connectivity index (χ4n) is 3.19. The standard InChI is InChI=1S/C27H35O10PS/c1-26(2,3)24(28)36-19-18(15-11-12-16-39(31,32)33)23(38-30)22(35-17-13-9-8-10-14-17)20(34-7)21(19)37-25(29)27(4,5)6/h8-10,13-14H,11-12,15-16H2,1-7H3,(H,31,32,33). The highest BCUT2D eigenvalue weighted by molar-refractivity contribution is 7.85. The first-order valence-electron chi connectivity index (χ1n) is 12.2. The number of para-hydroxylation sites is 1. The number of rotatable bonds is 11. The van der Waals surface area contributed by atoms with E-state index >= 15 is 0 Å². The Morgan fingerprint density at radius 3 is 1.85 bits per heavy atom. The highest BCUT2D eigenvalue weighted by Crippen LogP contribution is 2.49. The lowest BCUT2D eigenvalue weighted by Crippen LogP contribution is -2.29. The van der Waals surface area contributed by atoms with Gasteiger partial charge in [-0.2, -0.15) is 8.42 Å². The SMILES string of the molecule is COc1c(OC(=O)C(C)(C)C)c(OC(=O)C(C)(C)C)c(CCCCS(=O)(=O)O)c(P=O)c1Oc1ccccc1. The second-order valence-electron chi connectivity index (χ2n) is 10.9. The number of carbonyl (C=O) groups excluding carboxylic acids is 2. The number of ether oxygens (including phenoxy) is 4. The van der Waals surface area contributed by atoms with E-state index < -0.39 is 47.1 Å². The minimum Gasteiger partial charge on any atom is -0.490 e. The van der Waals surface area contributed by atoms with Crippen molar-refractivity contribution in [1.29, 1.82) is 0 Å². The van der Waals surface area contributed by atoms with Crippen LogP contribution >= 0.6 is 8.46 Å². The van der Waals surface area contributed by atoms with Gasteiger partial charge in [0.05, 0.1) is 29.0 Å². The molecule has 0 amide bonds. The molecule has 0 aliphatic heterocycles. The summed E-state index contributed by atoms with van der Waals surface area (Å²) >= 11 is 0. The molecule has 1 N–H and O–H groups in total. The molecule has 0 aliphatic rings. The molecule has 0 heterocycles. The van der Waals surface area contributed by atoms with Gasteiger partial charge < -0.3 is 18.9 Å². The molecule has 12 heteroatoms. The first-order valence-corrected chi connectivity index (χ1v) is 14.6. The largest absolute Gasteiger partial charge is 0.490 e. The summed E-state index contributed by atoms with van der Waals surface area (Å²) in [4.78, 5) is 26.1. The summed E-state index contributed by atoms with van der Waals surface area (Å²) < 4.78 is 67.4. The molecule has 0 atom stereocenters. The minimum atomic E-state index is -4.21. The molecule has 39 heavy (non-hydrogen) atoms. The molecule has 0 spiro atoms. The second kappa shape index (κ2) is 12.9. The lowest BCUT2D eigenvalue weighted by molar-refractivity contribution is -0.145. The summed E-state index contributed by atoms with van der Waals surface area (Å²) in [5, 5.41) is 0.0647. The van der Waals surface area contributed by atoms with E-state index in [9.17, 15) is 22.6 Å². The van der Waals surface area contributed by atoms with Crippen molar-refractivity contribution in [3.05, 3.63) is 35.9 Å². The molecule has 2 aromatic rings. The van der Waals surface area contributed by atoms with Crippen LogP contribution in [0.25, 0.3) is 0 Å². The number of hydrogen-bond donors (Lipinski definition) is 1. The van der Waals surface area contributed by atoms with Crippen LogP contribution < -0.4 is 24.3 Å². The Morgan fingerprint density at radius 2 is 1.38 bits per heavy atom. The highest BCUT2D eigenvalue weighted by Gasteiger charge is 2.36. The van der Waals surface area contributed by atoms with Gasteiger partial charge in [-0.25, -0.2) is 0 Å². The van der Waals surface area contributed by atoms with Crippen molar-refractivity contribution in [3.8, 4) is 28.7 Å². The first kappa shape index (κ1) is 32.2. The van der Waals surface area contributed by atoms with Crippen molar-refractivity contribution in [1.82, 2.24) is 0 Å². The van der Waals surface area contributed by atoms with Crippen molar-refractivity contribution in [2.45, 2.75) is 60.8 Å². The zero-order valence-corrected chi connectivity index (χ0v) is 24.9. The van der Waals surface area contributed by atoms with E-state index in [-0.39, 0.29) is 53.1 Å². The van der Waals surface area contributed by atoms with Crippen molar-refractivity contribution in [2.75, 3.05) is 12.9 Å². The lowest BCUT2D eigenvalue weighted by Gasteiger charge is -2.25. The number of hydrogen-bond acceptors (Lipinski definition) is 9. The zero-order chi connectivity index (χ0) is 29.6. The van der Waals surface area contributed by atoms with E-state index in [0.717, 1.165) is 0 Å². The number of carbonyl (C=O) groups is 2. The molecule has 0 saturated carbocycles. The number of unbranched alkanes of at least 4 members (excludes halogenated alkanes) is 1. The monoisotopic (exact) mass is 582 g/mol. The van der Waals surface area contributed by atoms with Gasteiger partial charge in [0.2, 0.25) is 11.5 Å². The van der Waals surface area contributed by atoms with Crippen molar-refractivity contribution in [3.63, 3.8) is 0 Å². The topological polar surface area (TPSA) is 142 Å². The fourth-order valence-corrected chi connectivity index (χ4v) is 4.31. The smallest absolute Gasteiger partial charge is 0.316 e. The molecule has 10 nitrogen and oxygen atoms in total. The van der Waals surface area contributed by atoms with Crippen LogP contribution in [0.2, 0.25) is 0 Å². The molecule has 0 aromatic heterocycles. The average molecular weight is 583 g/mol. The summed E-state index contributed by atoms with van der Waals surface area (Å²) in [7, 11) is -3.43. The third-order valence-corrected chi connectivity index (χ3v) is 6.81. The number of esters is 2. The molecule has 2 aromatic carbocycles. The predicted molar refractivity (Wildman–Crippen MR) is 146 cm³/mol. The van der Waals surface area contributed by atoms with Crippen molar-refractivity contribution in [2.24, 2.45) is 10.8 Å². The number of benzene rings is 2. The molecule has 0 saturated heterocycles. The maximum Gasteiger partial charge on any atom is 0.316 e. The minimum absolute atomic E-state index is 0.0302. The number of methoxy groups -OCH3 is 1. The van der Waals surface area contributed by atoms with Crippen molar-refractivity contribution < 1.29 is 46.1 Å². The Hall–Kier alpha value is -3.01. The van der Waals surface area contributed by atoms with E-state index in [1.54, 1.807) is 71.9 Å². The Labute approximate surface area is 230 Å². The molecular formula is C27H35O10PS. The van der Waals surface area contributed by atoms with E-state index in [4.69, 9.17) is 23.5 Å². The molecule has 0 bridgehead atoms. The molecular weight excluding hydrogens is 547 g/mol. The van der Waals surface area contributed by atoms with Gasteiger partial charge in [0.25, 0.3) is 10.1 Å². The molecule has 0 fully saturated rings. The summed E-state index contributed by atoms with van der Waals surface area (Å²) in [6.45, 7) is 9.84. The van der Waals surface area contributed by atoms with E-state index in [0.29, 0.717) is 5.75 Å². The van der Waals surface area contributed by atoms with Gasteiger partial charge >= 0.3 is 11.9 Å². The third kappa shape index (κ3) is 9.02. The van der Waals surface area contributed by atoms with Crippen LogP contribution in [0, 0.1) is 10.8 Å². The summed E-state index contributed by atoms with van der Waals surface area (Å²) in [5.74, 6) is -2.03. The quantitative estimate of drug-likeness (QED) is 0.118. The van der Waals surface area contributed by atoms with Crippen LogP contribution in [-0.4, -0.2) is 37.8 Å². The fraction of sp³-hybridized carbons (Fsp3) is 0.481. The van der Waals surface area contributed by atoms with Gasteiger partial charge in [-0.15, -0.1) is 0 Å². The van der Waals surface area contributed by atoms with Gasteiger partial charge in [0, 0.05) is 5.56 Å². The van der Waals surface area contributed by atoms with Crippen LogP contribution in [-0.2, 0) is 30.7 Å². The normalized spacial score (nSPS) is 12.2. The Bertz CT molecular complexity index is 1310. The Kier molecular flexibility index (Phi) is 10.6. The second-order valence-corrected chi connectivity index (χ2v) is 13.1. The van der Waals surface area contributed by atoms with E-state index in [1.165, 1.54) is 7.11 Å². The highest BCUT2D eigenvalue weighted by atomic mass is 32.2. The molecule has 0 radical (unpaired) electrons. The first-order chi connectivity index (χ1) is 18.0. The molecule has 214 valence electrons. The third-order valence-electron chi connectivity index (χ3n) is 5.35. The van der Waals surface area contributed by atoms with Crippen LogP contribution in [0.5, 0.6) is 28.7 Å². The molecule has 0 unspecified atom stereocenters. The molecule has 2 rings (SSSR count). The van der Waals surface area contributed by atoms with Gasteiger partial charge in [0.1, 0.15) is 5.75 Å². The maximum absolute atomic E-state index is 13.0. The van der Waals surface area contributed by atoms with Crippen LogP contribution in [0.4, 0.5) is 0 Å². The van der Waals surface area contributed by atoms with Crippen molar-refractivity contribution >= 4 is 35.8 Å². The average Bonchev–Trinajstić information content (AvgIpc) is 2.82. The summed E-state index contributed by atoms with van der Waals surface area (Å²) in [6.07, 6.45) is 0.285. The Balaban J connectivity index is 2.87.